The van der Waals surface area contributed by atoms with Crippen LogP contribution < -0.4 is 11.5 Å². The molecule has 2 aromatic carbocycles. The van der Waals surface area contributed by atoms with Gasteiger partial charge in [-0.25, -0.2) is 8.42 Å². The summed E-state index contributed by atoms with van der Waals surface area (Å²) in [6.07, 6.45) is 0. The molecule has 2 aromatic rings. The van der Waals surface area contributed by atoms with Crippen LogP contribution in [0.4, 0.5) is 11.4 Å². The highest BCUT2D eigenvalue weighted by Gasteiger charge is 2.24. The van der Waals surface area contributed by atoms with E-state index in [-0.39, 0.29) is 26.2 Å². The molecule has 0 aliphatic heterocycles. The molecule has 0 spiro atoms. The number of nitrogen functional groups attached to an aromatic ring is 2. The summed E-state index contributed by atoms with van der Waals surface area (Å²) in [5.41, 5.74) is 11.6. The van der Waals surface area contributed by atoms with Crippen molar-refractivity contribution in [1.29, 1.82) is 0 Å². The van der Waals surface area contributed by atoms with Crippen LogP contribution >= 0.6 is 11.6 Å². The van der Waals surface area contributed by atoms with E-state index in [0.29, 0.717) is 0 Å². The lowest BCUT2D eigenvalue weighted by molar-refractivity contribution is 0.596. The van der Waals surface area contributed by atoms with E-state index in [1.54, 1.807) is 18.2 Å². The van der Waals surface area contributed by atoms with Crippen molar-refractivity contribution in [3.05, 3.63) is 47.5 Å². The van der Waals surface area contributed by atoms with Crippen molar-refractivity contribution in [2.75, 3.05) is 11.5 Å². The number of hydrogen-bond donors (Lipinski definition) is 2. The van der Waals surface area contributed by atoms with Crippen molar-refractivity contribution in [2.45, 2.75) is 9.79 Å². The first kappa shape index (κ1) is 12.7. The molecule has 0 aliphatic carbocycles. The van der Waals surface area contributed by atoms with Crippen molar-refractivity contribution >= 4 is 32.8 Å². The third-order valence-corrected chi connectivity index (χ3v) is 4.87. The molecule has 2 rings (SSSR count). The van der Waals surface area contributed by atoms with Gasteiger partial charge in [-0.15, -0.1) is 0 Å². The number of nitrogens with two attached hydrogens (primary N) is 2. The van der Waals surface area contributed by atoms with Crippen molar-refractivity contribution in [3.8, 4) is 0 Å². The zero-order chi connectivity index (χ0) is 13.3. The second kappa shape index (κ2) is 4.51. The second-order valence-electron chi connectivity index (χ2n) is 3.70. The number of sulfone groups is 1. The Kier molecular flexibility index (Phi) is 3.19. The van der Waals surface area contributed by atoms with E-state index in [9.17, 15) is 8.42 Å². The summed E-state index contributed by atoms with van der Waals surface area (Å²) >= 11 is 5.95. The minimum absolute atomic E-state index is 0.0427. The molecule has 0 radical (unpaired) electrons. The fourth-order valence-electron chi connectivity index (χ4n) is 1.58. The SMILES string of the molecule is Nc1ccc(N)c(S(=O)(=O)c2ccccc2)c1Cl. The molecule has 94 valence electrons. The van der Waals surface area contributed by atoms with Gasteiger partial charge in [0.25, 0.3) is 0 Å². The minimum atomic E-state index is -3.76. The van der Waals surface area contributed by atoms with Crippen LogP contribution in [-0.4, -0.2) is 8.42 Å². The number of anilines is 2. The average molecular weight is 283 g/mol. The van der Waals surface area contributed by atoms with Crippen LogP contribution in [-0.2, 0) is 9.84 Å². The molecule has 0 aromatic heterocycles. The van der Waals surface area contributed by atoms with E-state index in [1.807, 2.05) is 0 Å². The van der Waals surface area contributed by atoms with Gasteiger partial charge in [0.1, 0.15) is 4.90 Å². The number of rotatable bonds is 2. The predicted octanol–water partition coefficient (Wildman–Crippen LogP) is 2.34. The lowest BCUT2D eigenvalue weighted by Crippen LogP contribution is -2.07. The maximum Gasteiger partial charge on any atom is 0.210 e. The van der Waals surface area contributed by atoms with Gasteiger partial charge in [0, 0.05) is 0 Å². The van der Waals surface area contributed by atoms with Crippen LogP contribution in [0.25, 0.3) is 0 Å². The summed E-state index contributed by atoms with van der Waals surface area (Å²) in [4.78, 5) is -0.0143. The Morgan fingerprint density at radius 3 is 2.06 bits per heavy atom. The summed E-state index contributed by atoms with van der Waals surface area (Å²) in [7, 11) is -3.76. The van der Waals surface area contributed by atoms with Gasteiger partial charge >= 0.3 is 0 Å². The Balaban J connectivity index is 2.74. The third kappa shape index (κ3) is 2.02. The highest BCUT2D eigenvalue weighted by molar-refractivity contribution is 7.91. The third-order valence-electron chi connectivity index (χ3n) is 2.48. The fourth-order valence-corrected chi connectivity index (χ4v) is 3.54. The van der Waals surface area contributed by atoms with Crippen LogP contribution in [0.1, 0.15) is 0 Å². The average Bonchev–Trinajstić information content (AvgIpc) is 2.35. The van der Waals surface area contributed by atoms with Gasteiger partial charge in [-0.2, -0.15) is 0 Å². The van der Waals surface area contributed by atoms with E-state index in [4.69, 9.17) is 23.1 Å². The van der Waals surface area contributed by atoms with E-state index in [1.165, 1.54) is 24.3 Å². The Labute approximate surface area is 110 Å². The van der Waals surface area contributed by atoms with Gasteiger partial charge in [-0.1, -0.05) is 29.8 Å². The minimum Gasteiger partial charge on any atom is -0.398 e. The van der Waals surface area contributed by atoms with Gasteiger partial charge in [-0.05, 0) is 24.3 Å². The van der Waals surface area contributed by atoms with Gasteiger partial charge in [-0.3, -0.25) is 0 Å². The molecule has 0 amide bonds. The quantitative estimate of drug-likeness (QED) is 0.828. The van der Waals surface area contributed by atoms with Crippen LogP contribution in [0.2, 0.25) is 5.02 Å². The Hall–Kier alpha value is -1.72. The van der Waals surface area contributed by atoms with Gasteiger partial charge in [0.15, 0.2) is 0 Å². The second-order valence-corrected chi connectivity index (χ2v) is 5.97. The highest BCUT2D eigenvalue weighted by atomic mass is 35.5. The van der Waals surface area contributed by atoms with Crippen molar-refractivity contribution in [2.24, 2.45) is 0 Å². The first-order valence-electron chi connectivity index (χ1n) is 5.08. The molecule has 6 heteroatoms. The summed E-state index contributed by atoms with van der Waals surface area (Å²) in [6.45, 7) is 0. The summed E-state index contributed by atoms with van der Waals surface area (Å²) in [5.74, 6) is 0. The van der Waals surface area contributed by atoms with Crippen LogP contribution in [0.3, 0.4) is 0 Å². The standard InChI is InChI=1S/C12H11ClN2O2S/c13-11-9(14)6-7-10(15)12(11)18(16,17)8-4-2-1-3-5-8/h1-7H,14-15H2. The largest absolute Gasteiger partial charge is 0.398 e. The van der Waals surface area contributed by atoms with Crippen LogP contribution in [0.15, 0.2) is 52.3 Å². The monoisotopic (exact) mass is 282 g/mol. The van der Waals surface area contributed by atoms with E-state index >= 15 is 0 Å². The fraction of sp³-hybridized carbons (Fsp3) is 0. The molecular formula is C12H11ClN2O2S. The van der Waals surface area contributed by atoms with Crippen molar-refractivity contribution < 1.29 is 8.42 Å². The van der Waals surface area contributed by atoms with E-state index in [2.05, 4.69) is 0 Å². The van der Waals surface area contributed by atoms with Gasteiger partial charge < -0.3 is 11.5 Å². The molecule has 18 heavy (non-hydrogen) atoms. The smallest absolute Gasteiger partial charge is 0.210 e. The zero-order valence-electron chi connectivity index (χ0n) is 9.30. The topological polar surface area (TPSA) is 86.2 Å². The predicted molar refractivity (Wildman–Crippen MR) is 72.2 cm³/mol. The number of benzene rings is 2. The lowest BCUT2D eigenvalue weighted by atomic mass is 10.3. The lowest BCUT2D eigenvalue weighted by Gasteiger charge is -2.11. The van der Waals surface area contributed by atoms with Crippen LogP contribution in [0, 0.1) is 0 Å². The molecule has 0 atom stereocenters. The summed E-state index contributed by atoms with van der Waals surface area (Å²) in [6, 6.07) is 10.8. The summed E-state index contributed by atoms with van der Waals surface area (Å²) < 4.78 is 24.8. The van der Waals surface area contributed by atoms with Crippen molar-refractivity contribution in [1.82, 2.24) is 0 Å². The van der Waals surface area contributed by atoms with E-state index in [0.717, 1.165) is 0 Å². The normalized spacial score (nSPS) is 11.4. The summed E-state index contributed by atoms with van der Waals surface area (Å²) in [5, 5.41) is -0.0427. The Morgan fingerprint density at radius 1 is 0.889 bits per heavy atom. The van der Waals surface area contributed by atoms with Gasteiger partial charge in [0.05, 0.1) is 21.3 Å². The highest BCUT2D eigenvalue weighted by Crippen LogP contribution is 2.35. The maximum absolute atomic E-state index is 12.4. The molecular weight excluding hydrogens is 272 g/mol. The molecule has 0 unspecified atom stereocenters. The molecule has 0 bridgehead atoms. The van der Waals surface area contributed by atoms with Gasteiger partial charge in [0.2, 0.25) is 9.84 Å². The van der Waals surface area contributed by atoms with Crippen molar-refractivity contribution in [3.63, 3.8) is 0 Å². The first-order valence-corrected chi connectivity index (χ1v) is 6.94. The molecule has 4 N–H and O–H groups in total. The van der Waals surface area contributed by atoms with Crippen LogP contribution in [0.5, 0.6) is 0 Å². The molecule has 0 fully saturated rings. The molecule has 0 heterocycles. The zero-order valence-corrected chi connectivity index (χ0v) is 10.9. The maximum atomic E-state index is 12.4. The molecule has 4 nitrogen and oxygen atoms in total. The first-order chi connectivity index (χ1) is 8.44. The Morgan fingerprint density at radius 2 is 1.44 bits per heavy atom. The Bertz CT molecular complexity index is 685. The van der Waals surface area contributed by atoms with E-state index < -0.39 is 9.84 Å². The number of hydrogen-bond acceptors (Lipinski definition) is 4. The molecule has 0 saturated heterocycles. The molecule has 0 saturated carbocycles. The number of halogens is 1. The molecule has 0 aliphatic rings.